The van der Waals surface area contributed by atoms with Crippen molar-refractivity contribution in [3.63, 3.8) is 0 Å². The number of carbonyl (C=O) groups is 1. The second-order valence-electron chi connectivity index (χ2n) is 8.48. The van der Waals surface area contributed by atoms with Crippen molar-refractivity contribution in [2.75, 3.05) is 20.6 Å². The van der Waals surface area contributed by atoms with E-state index in [2.05, 4.69) is 77.8 Å². The van der Waals surface area contributed by atoms with Crippen LogP contribution in [-0.4, -0.2) is 42.5 Å². The summed E-state index contributed by atoms with van der Waals surface area (Å²) >= 11 is 0. The van der Waals surface area contributed by atoms with Crippen molar-refractivity contribution >= 4 is 16.8 Å². The maximum absolute atomic E-state index is 12.6. The third kappa shape index (κ3) is 4.65. The van der Waals surface area contributed by atoms with Crippen molar-refractivity contribution < 1.29 is 4.79 Å². The SMILES string of the molecule is CN(C)C1CC(c2ccccc2)CC/C1=C\C(=O)NCCc1c[nH]c2ccccc12. The predicted octanol–water partition coefficient (Wildman–Crippen LogP) is 4.65. The van der Waals surface area contributed by atoms with Crippen LogP contribution in [0.3, 0.4) is 0 Å². The van der Waals surface area contributed by atoms with E-state index >= 15 is 0 Å². The molecular formula is C26H31N3O. The van der Waals surface area contributed by atoms with Crippen LogP contribution in [0.4, 0.5) is 0 Å². The van der Waals surface area contributed by atoms with Crippen LogP contribution in [0.2, 0.25) is 0 Å². The lowest BCUT2D eigenvalue weighted by molar-refractivity contribution is -0.116. The summed E-state index contributed by atoms with van der Waals surface area (Å²) in [4.78, 5) is 18.2. The fourth-order valence-corrected chi connectivity index (χ4v) is 4.66. The lowest BCUT2D eigenvalue weighted by Gasteiger charge is -2.36. The summed E-state index contributed by atoms with van der Waals surface area (Å²) in [6.07, 6.45) is 7.85. The number of fused-ring (bicyclic) bond motifs is 1. The average molecular weight is 402 g/mol. The molecule has 2 unspecified atom stereocenters. The van der Waals surface area contributed by atoms with E-state index in [4.69, 9.17) is 0 Å². The summed E-state index contributed by atoms with van der Waals surface area (Å²) in [7, 11) is 4.22. The number of hydrogen-bond acceptors (Lipinski definition) is 2. The Hall–Kier alpha value is -2.85. The molecule has 4 nitrogen and oxygen atoms in total. The summed E-state index contributed by atoms with van der Waals surface area (Å²) in [5, 5.41) is 4.32. The van der Waals surface area contributed by atoms with Crippen LogP contribution in [0, 0.1) is 0 Å². The molecule has 0 bridgehead atoms. The minimum absolute atomic E-state index is 0.0230. The topological polar surface area (TPSA) is 48.1 Å². The average Bonchev–Trinajstić information content (AvgIpc) is 3.18. The highest BCUT2D eigenvalue weighted by molar-refractivity contribution is 5.88. The first-order valence-electron chi connectivity index (χ1n) is 10.9. The largest absolute Gasteiger partial charge is 0.361 e. The number of hydrogen-bond donors (Lipinski definition) is 2. The zero-order chi connectivity index (χ0) is 20.9. The highest BCUT2D eigenvalue weighted by atomic mass is 16.1. The van der Waals surface area contributed by atoms with E-state index in [9.17, 15) is 4.79 Å². The van der Waals surface area contributed by atoms with Gasteiger partial charge in [-0.25, -0.2) is 0 Å². The lowest BCUT2D eigenvalue weighted by atomic mass is 9.78. The number of benzene rings is 2. The van der Waals surface area contributed by atoms with Crippen LogP contribution >= 0.6 is 0 Å². The normalized spacial score (nSPS) is 20.7. The molecule has 1 amide bonds. The minimum atomic E-state index is 0.0230. The molecule has 156 valence electrons. The number of aromatic amines is 1. The molecule has 4 heteroatoms. The molecule has 1 aliphatic rings. The number of amides is 1. The standard InChI is InChI=1S/C26H31N3O/c1-29(2)25-16-20(19-8-4-3-5-9-19)12-13-21(25)17-26(30)27-15-14-22-18-28-24-11-7-6-10-23(22)24/h3-11,17-18,20,25,28H,12-16H2,1-2H3,(H,27,30)/b21-17+. The predicted molar refractivity (Wildman–Crippen MR) is 124 cm³/mol. The fraction of sp³-hybridized carbons (Fsp3) is 0.346. The number of rotatable bonds is 6. The van der Waals surface area contributed by atoms with Crippen LogP contribution in [-0.2, 0) is 11.2 Å². The highest BCUT2D eigenvalue weighted by Crippen LogP contribution is 2.37. The second-order valence-corrected chi connectivity index (χ2v) is 8.48. The van der Waals surface area contributed by atoms with E-state index in [1.807, 2.05) is 18.3 Å². The zero-order valence-electron chi connectivity index (χ0n) is 17.9. The molecule has 1 saturated carbocycles. The second kappa shape index (κ2) is 9.31. The third-order valence-electron chi connectivity index (χ3n) is 6.30. The van der Waals surface area contributed by atoms with Crippen LogP contribution in [0.1, 0.15) is 36.3 Å². The van der Waals surface area contributed by atoms with Gasteiger partial charge >= 0.3 is 0 Å². The molecule has 2 N–H and O–H groups in total. The number of likely N-dealkylation sites (N-methyl/N-ethyl adjacent to an activating group) is 1. The Labute approximate surface area is 179 Å². The van der Waals surface area contributed by atoms with E-state index < -0.39 is 0 Å². The molecule has 0 spiro atoms. The molecular weight excluding hydrogens is 370 g/mol. The summed E-state index contributed by atoms with van der Waals surface area (Å²) in [5.74, 6) is 0.579. The molecule has 1 heterocycles. The molecule has 2 atom stereocenters. The van der Waals surface area contributed by atoms with Gasteiger partial charge in [-0.3, -0.25) is 4.79 Å². The molecule has 1 fully saturated rings. The van der Waals surface area contributed by atoms with Crippen LogP contribution < -0.4 is 5.32 Å². The minimum Gasteiger partial charge on any atom is -0.361 e. The monoisotopic (exact) mass is 401 g/mol. The summed E-state index contributed by atoms with van der Waals surface area (Å²) in [6.45, 7) is 0.643. The number of H-pyrrole nitrogens is 1. The molecule has 4 rings (SSSR count). The number of carbonyl (C=O) groups excluding carboxylic acids is 1. The van der Waals surface area contributed by atoms with Crippen molar-refractivity contribution in [3.8, 4) is 0 Å². The summed E-state index contributed by atoms with van der Waals surface area (Å²) in [6, 6.07) is 19.4. The van der Waals surface area contributed by atoms with Gasteiger partial charge in [-0.2, -0.15) is 0 Å². The molecule has 2 aromatic carbocycles. The van der Waals surface area contributed by atoms with Gasteiger partial charge in [0.05, 0.1) is 0 Å². The van der Waals surface area contributed by atoms with Crippen molar-refractivity contribution in [1.29, 1.82) is 0 Å². The van der Waals surface area contributed by atoms with E-state index in [0.717, 1.165) is 31.2 Å². The molecule has 1 aliphatic carbocycles. The highest BCUT2D eigenvalue weighted by Gasteiger charge is 2.28. The van der Waals surface area contributed by atoms with Crippen molar-refractivity contribution in [3.05, 3.63) is 83.6 Å². The summed E-state index contributed by atoms with van der Waals surface area (Å²) < 4.78 is 0. The Bertz CT molecular complexity index is 1020. The van der Waals surface area contributed by atoms with E-state index in [-0.39, 0.29) is 5.91 Å². The number of aromatic nitrogens is 1. The van der Waals surface area contributed by atoms with Gasteiger partial charge in [0.1, 0.15) is 0 Å². The van der Waals surface area contributed by atoms with Gasteiger partial charge < -0.3 is 15.2 Å². The van der Waals surface area contributed by atoms with Crippen molar-refractivity contribution in [2.24, 2.45) is 0 Å². The molecule has 0 aliphatic heterocycles. The van der Waals surface area contributed by atoms with Gasteiger partial charge in [-0.1, -0.05) is 48.5 Å². The maximum Gasteiger partial charge on any atom is 0.244 e. The van der Waals surface area contributed by atoms with Crippen LogP contribution in [0.5, 0.6) is 0 Å². The van der Waals surface area contributed by atoms with E-state index in [1.165, 1.54) is 22.1 Å². The van der Waals surface area contributed by atoms with Gasteiger partial charge in [0, 0.05) is 35.8 Å². The van der Waals surface area contributed by atoms with Crippen molar-refractivity contribution in [2.45, 2.75) is 37.6 Å². The van der Waals surface area contributed by atoms with Crippen LogP contribution in [0.25, 0.3) is 10.9 Å². The fourth-order valence-electron chi connectivity index (χ4n) is 4.66. The summed E-state index contributed by atoms with van der Waals surface area (Å²) in [5.41, 5.74) is 5.04. The first-order chi connectivity index (χ1) is 14.6. The van der Waals surface area contributed by atoms with Gasteiger partial charge in [-0.15, -0.1) is 0 Å². The van der Waals surface area contributed by atoms with Gasteiger partial charge in [0.2, 0.25) is 5.91 Å². The molecule has 30 heavy (non-hydrogen) atoms. The first-order valence-corrected chi connectivity index (χ1v) is 10.9. The first kappa shape index (κ1) is 20.4. The Morgan fingerprint density at radius 1 is 1.13 bits per heavy atom. The third-order valence-corrected chi connectivity index (χ3v) is 6.30. The maximum atomic E-state index is 12.6. The molecule has 0 saturated heterocycles. The van der Waals surface area contributed by atoms with Crippen LogP contribution in [0.15, 0.2) is 72.4 Å². The van der Waals surface area contributed by atoms with Gasteiger partial charge in [0.25, 0.3) is 0 Å². The van der Waals surface area contributed by atoms with Gasteiger partial charge in [0.15, 0.2) is 0 Å². The number of nitrogens with one attached hydrogen (secondary N) is 2. The quantitative estimate of drug-likeness (QED) is 0.591. The van der Waals surface area contributed by atoms with E-state index in [0.29, 0.717) is 18.5 Å². The number of nitrogens with zero attached hydrogens (tertiary/aromatic N) is 1. The molecule has 3 aromatic rings. The Morgan fingerprint density at radius 2 is 1.90 bits per heavy atom. The van der Waals surface area contributed by atoms with E-state index in [1.54, 1.807) is 0 Å². The molecule has 0 radical (unpaired) electrons. The Morgan fingerprint density at radius 3 is 2.70 bits per heavy atom. The number of para-hydroxylation sites is 1. The van der Waals surface area contributed by atoms with Crippen molar-refractivity contribution in [1.82, 2.24) is 15.2 Å². The zero-order valence-corrected chi connectivity index (χ0v) is 17.9. The lowest BCUT2D eigenvalue weighted by Crippen LogP contribution is -2.36. The Balaban J connectivity index is 1.36. The molecule has 1 aromatic heterocycles. The Kier molecular flexibility index (Phi) is 6.34. The van der Waals surface area contributed by atoms with Gasteiger partial charge in [-0.05, 0) is 68.5 Å². The smallest absolute Gasteiger partial charge is 0.244 e.